The van der Waals surface area contributed by atoms with Crippen molar-refractivity contribution in [2.75, 3.05) is 19.0 Å². The number of amides is 1. The number of hydrogen-bond donors (Lipinski definition) is 3. The third-order valence-corrected chi connectivity index (χ3v) is 4.47. The molecule has 3 aromatic rings. The first-order valence-electron chi connectivity index (χ1n) is 8.52. The third kappa shape index (κ3) is 3.01. The first kappa shape index (κ1) is 16.2. The van der Waals surface area contributed by atoms with E-state index >= 15 is 0 Å². The number of aromatic amines is 1. The number of anilines is 2. The van der Waals surface area contributed by atoms with Crippen molar-refractivity contribution in [2.24, 2.45) is 0 Å². The number of methoxy groups -OCH3 is 1. The second-order valence-electron chi connectivity index (χ2n) is 6.35. The van der Waals surface area contributed by atoms with E-state index in [0.717, 1.165) is 29.1 Å². The number of aryl methyl sites for hydroxylation is 1. The zero-order valence-corrected chi connectivity index (χ0v) is 14.7. The van der Waals surface area contributed by atoms with Crippen LogP contribution in [0.2, 0.25) is 0 Å². The van der Waals surface area contributed by atoms with Gasteiger partial charge in [-0.1, -0.05) is 12.1 Å². The Morgan fingerprint density at radius 3 is 2.85 bits per heavy atom. The third-order valence-electron chi connectivity index (χ3n) is 4.47. The largest absolute Gasteiger partial charge is 0.494 e. The van der Waals surface area contributed by atoms with Gasteiger partial charge in [0.2, 0.25) is 0 Å². The van der Waals surface area contributed by atoms with Crippen LogP contribution in [-0.2, 0) is 6.42 Å². The molecule has 0 fully saturated rings. The van der Waals surface area contributed by atoms with E-state index in [1.54, 1.807) is 13.3 Å². The van der Waals surface area contributed by atoms with E-state index in [9.17, 15) is 4.79 Å². The summed E-state index contributed by atoms with van der Waals surface area (Å²) in [7, 11) is 1.61. The van der Waals surface area contributed by atoms with E-state index in [1.165, 1.54) is 5.56 Å². The highest BCUT2D eigenvalue weighted by Gasteiger charge is 2.21. The molecule has 1 aromatic carbocycles. The summed E-state index contributed by atoms with van der Waals surface area (Å²) in [5.41, 5.74) is 5.50. The quantitative estimate of drug-likeness (QED) is 0.675. The molecule has 2 aromatic heterocycles. The van der Waals surface area contributed by atoms with Crippen LogP contribution in [-0.4, -0.2) is 29.5 Å². The first-order valence-corrected chi connectivity index (χ1v) is 8.52. The fraction of sp³-hybridized carbons (Fsp3) is 0.200. The first-order chi connectivity index (χ1) is 12.6. The molecule has 0 saturated carbocycles. The van der Waals surface area contributed by atoms with E-state index in [4.69, 9.17) is 4.74 Å². The number of aromatic nitrogens is 2. The minimum absolute atomic E-state index is 0.0418. The number of nitrogens with one attached hydrogen (secondary N) is 3. The molecule has 0 atom stereocenters. The number of hydrogen-bond acceptors (Lipinski definition) is 4. The standard InChI is InChI=1S/C20H20N4O2/c1-12-4-3-5-13(8-12)23-19-10-14(18(26-2)11-22-19)17-9-15-16(24-17)6-7-21-20(15)25/h3-5,8-11,24H,6-7H2,1-2H3,(H,21,25)(H,22,23). The number of H-pyrrole nitrogens is 1. The molecule has 0 unspecified atom stereocenters. The molecule has 0 spiro atoms. The maximum Gasteiger partial charge on any atom is 0.253 e. The molecule has 1 aliphatic rings. The number of carbonyl (C=O) groups excluding carboxylic acids is 1. The molecule has 1 aliphatic heterocycles. The zero-order valence-electron chi connectivity index (χ0n) is 14.7. The van der Waals surface area contributed by atoms with Crippen molar-refractivity contribution in [1.82, 2.24) is 15.3 Å². The summed E-state index contributed by atoms with van der Waals surface area (Å²) in [6, 6.07) is 11.9. The molecule has 0 radical (unpaired) electrons. The van der Waals surface area contributed by atoms with Gasteiger partial charge >= 0.3 is 0 Å². The van der Waals surface area contributed by atoms with Crippen molar-refractivity contribution in [3.05, 3.63) is 59.4 Å². The Labute approximate surface area is 151 Å². The lowest BCUT2D eigenvalue weighted by Crippen LogP contribution is -2.31. The lowest BCUT2D eigenvalue weighted by atomic mass is 10.1. The van der Waals surface area contributed by atoms with Crippen LogP contribution in [0.4, 0.5) is 11.5 Å². The van der Waals surface area contributed by atoms with Gasteiger partial charge in [-0.2, -0.15) is 0 Å². The van der Waals surface area contributed by atoms with Gasteiger partial charge in [-0.3, -0.25) is 4.79 Å². The number of rotatable bonds is 4. The second-order valence-corrected chi connectivity index (χ2v) is 6.35. The highest BCUT2D eigenvalue weighted by molar-refractivity contribution is 5.98. The monoisotopic (exact) mass is 348 g/mol. The maximum absolute atomic E-state index is 12.0. The van der Waals surface area contributed by atoms with Gasteiger partial charge in [-0.25, -0.2) is 4.98 Å². The molecular formula is C20H20N4O2. The number of fused-ring (bicyclic) bond motifs is 1. The molecule has 4 rings (SSSR count). The summed E-state index contributed by atoms with van der Waals surface area (Å²) >= 11 is 0. The van der Waals surface area contributed by atoms with Crippen LogP contribution < -0.4 is 15.4 Å². The Balaban J connectivity index is 1.72. The van der Waals surface area contributed by atoms with Crippen molar-refractivity contribution in [2.45, 2.75) is 13.3 Å². The lowest BCUT2D eigenvalue weighted by Gasteiger charge is -2.11. The van der Waals surface area contributed by atoms with Gasteiger partial charge in [0.05, 0.1) is 24.6 Å². The van der Waals surface area contributed by atoms with Gasteiger partial charge in [0.15, 0.2) is 0 Å². The van der Waals surface area contributed by atoms with Crippen molar-refractivity contribution in [1.29, 1.82) is 0 Å². The van der Waals surface area contributed by atoms with Crippen LogP contribution in [0.15, 0.2) is 42.6 Å². The predicted molar refractivity (Wildman–Crippen MR) is 101 cm³/mol. The van der Waals surface area contributed by atoms with E-state index in [1.807, 2.05) is 37.3 Å². The number of pyridine rings is 1. The Morgan fingerprint density at radius 1 is 1.19 bits per heavy atom. The van der Waals surface area contributed by atoms with E-state index in [0.29, 0.717) is 23.7 Å². The van der Waals surface area contributed by atoms with Gasteiger partial charge in [-0.15, -0.1) is 0 Å². The Kier molecular flexibility index (Phi) is 4.08. The van der Waals surface area contributed by atoms with Gasteiger partial charge in [0.25, 0.3) is 5.91 Å². The van der Waals surface area contributed by atoms with Crippen LogP contribution in [0.1, 0.15) is 21.6 Å². The zero-order chi connectivity index (χ0) is 18.1. The average molecular weight is 348 g/mol. The van der Waals surface area contributed by atoms with Crippen LogP contribution in [0, 0.1) is 6.92 Å². The molecule has 6 heteroatoms. The van der Waals surface area contributed by atoms with Crippen LogP contribution in [0.5, 0.6) is 5.75 Å². The Bertz CT molecular complexity index is 978. The summed E-state index contributed by atoms with van der Waals surface area (Å²) in [6.45, 7) is 2.70. The molecular weight excluding hydrogens is 328 g/mol. The van der Waals surface area contributed by atoms with E-state index in [-0.39, 0.29) is 5.91 Å². The Morgan fingerprint density at radius 2 is 2.08 bits per heavy atom. The lowest BCUT2D eigenvalue weighted by molar-refractivity contribution is 0.0946. The van der Waals surface area contributed by atoms with E-state index in [2.05, 4.69) is 26.7 Å². The highest BCUT2D eigenvalue weighted by atomic mass is 16.5. The molecule has 3 N–H and O–H groups in total. The summed E-state index contributed by atoms with van der Waals surface area (Å²) in [6.07, 6.45) is 2.48. The molecule has 0 bridgehead atoms. The molecule has 6 nitrogen and oxygen atoms in total. The second kappa shape index (κ2) is 6.55. The van der Waals surface area contributed by atoms with Gasteiger partial charge < -0.3 is 20.4 Å². The van der Waals surface area contributed by atoms with E-state index < -0.39 is 0 Å². The van der Waals surface area contributed by atoms with Crippen molar-refractivity contribution >= 4 is 17.4 Å². The summed E-state index contributed by atoms with van der Waals surface area (Å²) in [5, 5.41) is 6.18. The number of nitrogens with zero attached hydrogens (tertiary/aromatic N) is 1. The van der Waals surface area contributed by atoms with Crippen LogP contribution in [0.25, 0.3) is 11.3 Å². The number of benzene rings is 1. The normalized spacial score (nSPS) is 13.1. The number of ether oxygens (including phenoxy) is 1. The van der Waals surface area contributed by atoms with Crippen LogP contribution >= 0.6 is 0 Å². The maximum atomic E-state index is 12.0. The fourth-order valence-corrected chi connectivity index (χ4v) is 3.19. The molecule has 132 valence electrons. The van der Waals surface area contributed by atoms with Gasteiger partial charge in [0.1, 0.15) is 11.6 Å². The molecule has 0 aliphatic carbocycles. The topological polar surface area (TPSA) is 79.0 Å². The van der Waals surface area contributed by atoms with Gasteiger partial charge in [0, 0.05) is 29.9 Å². The number of carbonyl (C=O) groups is 1. The smallest absolute Gasteiger partial charge is 0.253 e. The van der Waals surface area contributed by atoms with Crippen molar-refractivity contribution in [3.63, 3.8) is 0 Å². The minimum Gasteiger partial charge on any atom is -0.494 e. The molecule has 0 saturated heterocycles. The fourth-order valence-electron chi connectivity index (χ4n) is 3.19. The highest BCUT2D eigenvalue weighted by Crippen LogP contribution is 2.33. The molecule has 26 heavy (non-hydrogen) atoms. The minimum atomic E-state index is -0.0418. The predicted octanol–water partition coefficient (Wildman–Crippen LogP) is 3.42. The van der Waals surface area contributed by atoms with Gasteiger partial charge in [-0.05, 0) is 36.8 Å². The summed E-state index contributed by atoms with van der Waals surface area (Å²) < 4.78 is 5.47. The molecule has 1 amide bonds. The van der Waals surface area contributed by atoms with Crippen molar-refractivity contribution < 1.29 is 9.53 Å². The SMILES string of the molecule is COc1cnc(Nc2cccc(C)c2)cc1-c1cc2c([nH]1)CCNC2=O. The Hall–Kier alpha value is -3.28. The summed E-state index contributed by atoms with van der Waals surface area (Å²) in [5.74, 6) is 1.32. The van der Waals surface area contributed by atoms with Crippen molar-refractivity contribution in [3.8, 4) is 17.0 Å². The van der Waals surface area contributed by atoms with Crippen LogP contribution in [0.3, 0.4) is 0 Å². The molecule has 3 heterocycles. The average Bonchev–Trinajstić information content (AvgIpc) is 3.07. The summed E-state index contributed by atoms with van der Waals surface area (Å²) in [4.78, 5) is 19.8.